The second-order valence-corrected chi connectivity index (χ2v) is 6.48. The van der Waals surface area contributed by atoms with Gasteiger partial charge in [0.15, 0.2) is 0 Å². The highest BCUT2D eigenvalue weighted by atomic mass is 32.1. The lowest BCUT2D eigenvalue weighted by atomic mass is 10.2. The number of aryl methyl sites for hydroxylation is 1. The number of amides is 1. The number of nitrogens with zero attached hydrogens (tertiary/aromatic N) is 1. The van der Waals surface area contributed by atoms with E-state index in [1.807, 2.05) is 24.4 Å². The van der Waals surface area contributed by atoms with E-state index in [9.17, 15) is 4.79 Å². The molecule has 2 aromatic rings. The van der Waals surface area contributed by atoms with Gasteiger partial charge in [-0.3, -0.25) is 4.79 Å². The van der Waals surface area contributed by atoms with Crippen LogP contribution in [0, 0.1) is 6.92 Å². The van der Waals surface area contributed by atoms with Crippen LogP contribution >= 0.6 is 11.3 Å². The Bertz CT molecular complexity index is 665. The molecule has 1 aliphatic rings. The molecule has 1 atom stereocenters. The Labute approximate surface area is 139 Å². The van der Waals surface area contributed by atoms with Crippen LogP contribution in [0.25, 0.3) is 0 Å². The third-order valence-electron chi connectivity index (χ3n) is 3.62. The molecule has 1 aromatic carbocycles. The van der Waals surface area contributed by atoms with E-state index in [0.29, 0.717) is 24.5 Å². The SMILES string of the molecule is Cc1csc(CNC(=O)c2cccc(OC[C@H]3CCCO3)c2)n1. The quantitative estimate of drug-likeness (QED) is 0.883. The Kier molecular flexibility index (Phi) is 5.25. The molecule has 1 aliphatic heterocycles. The van der Waals surface area contributed by atoms with Gasteiger partial charge < -0.3 is 14.8 Å². The van der Waals surface area contributed by atoms with Crippen molar-refractivity contribution in [2.75, 3.05) is 13.2 Å². The molecule has 3 rings (SSSR count). The zero-order chi connectivity index (χ0) is 16.1. The highest BCUT2D eigenvalue weighted by Gasteiger charge is 2.16. The van der Waals surface area contributed by atoms with Crippen molar-refractivity contribution in [1.82, 2.24) is 10.3 Å². The zero-order valence-corrected chi connectivity index (χ0v) is 13.9. The third kappa shape index (κ3) is 4.53. The van der Waals surface area contributed by atoms with Gasteiger partial charge in [0.2, 0.25) is 0 Å². The maximum Gasteiger partial charge on any atom is 0.251 e. The van der Waals surface area contributed by atoms with Crippen LogP contribution in [-0.4, -0.2) is 30.2 Å². The number of ether oxygens (including phenoxy) is 2. The predicted octanol–water partition coefficient (Wildman–Crippen LogP) is 2.94. The second-order valence-electron chi connectivity index (χ2n) is 5.54. The number of hydrogen-bond donors (Lipinski definition) is 1. The number of carbonyl (C=O) groups is 1. The van der Waals surface area contributed by atoms with Crippen molar-refractivity contribution in [3.8, 4) is 5.75 Å². The predicted molar refractivity (Wildman–Crippen MR) is 88.9 cm³/mol. The van der Waals surface area contributed by atoms with Crippen LogP contribution in [0.1, 0.15) is 33.9 Å². The molecule has 1 saturated heterocycles. The molecule has 122 valence electrons. The van der Waals surface area contributed by atoms with Crippen LogP contribution in [0.5, 0.6) is 5.75 Å². The van der Waals surface area contributed by atoms with E-state index in [4.69, 9.17) is 9.47 Å². The van der Waals surface area contributed by atoms with Gasteiger partial charge in [-0.15, -0.1) is 11.3 Å². The minimum atomic E-state index is -0.125. The highest BCUT2D eigenvalue weighted by Crippen LogP contribution is 2.17. The van der Waals surface area contributed by atoms with Gasteiger partial charge in [0.25, 0.3) is 5.91 Å². The van der Waals surface area contributed by atoms with Crippen LogP contribution in [0.3, 0.4) is 0 Å². The first-order valence-electron chi connectivity index (χ1n) is 7.74. The molecular formula is C17H20N2O3S. The third-order valence-corrected chi connectivity index (χ3v) is 4.59. The van der Waals surface area contributed by atoms with Crippen molar-refractivity contribution in [3.05, 3.63) is 45.9 Å². The Hall–Kier alpha value is -1.92. The van der Waals surface area contributed by atoms with Crippen molar-refractivity contribution in [1.29, 1.82) is 0 Å². The molecular weight excluding hydrogens is 312 g/mol. The van der Waals surface area contributed by atoms with Crippen molar-refractivity contribution in [3.63, 3.8) is 0 Å². The topological polar surface area (TPSA) is 60.5 Å². The summed E-state index contributed by atoms with van der Waals surface area (Å²) in [5, 5.41) is 5.76. The first-order valence-corrected chi connectivity index (χ1v) is 8.62. The molecule has 1 N–H and O–H groups in total. The van der Waals surface area contributed by atoms with Gasteiger partial charge >= 0.3 is 0 Å². The summed E-state index contributed by atoms with van der Waals surface area (Å²) in [7, 11) is 0. The monoisotopic (exact) mass is 332 g/mol. The Balaban J connectivity index is 1.54. The van der Waals surface area contributed by atoms with E-state index >= 15 is 0 Å². The van der Waals surface area contributed by atoms with E-state index in [1.54, 1.807) is 23.5 Å². The van der Waals surface area contributed by atoms with Crippen LogP contribution in [0.2, 0.25) is 0 Å². The zero-order valence-electron chi connectivity index (χ0n) is 13.1. The normalized spacial score (nSPS) is 17.2. The standard InChI is InChI=1S/C17H20N2O3S/c1-12-11-23-16(19-12)9-18-17(20)13-4-2-5-14(8-13)22-10-15-6-3-7-21-15/h2,4-5,8,11,15H,3,6-7,9-10H2,1H3,(H,18,20)/t15-/m1/s1. The molecule has 1 aromatic heterocycles. The average molecular weight is 332 g/mol. The molecule has 0 spiro atoms. The number of carbonyl (C=O) groups excluding carboxylic acids is 1. The first kappa shape index (κ1) is 16.0. The summed E-state index contributed by atoms with van der Waals surface area (Å²) in [5.41, 5.74) is 1.56. The van der Waals surface area contributed by atoms with Gasteiger partial charge in [-0.2, -0.15) is 0 Å². The van der Waals surface area contributed by atoms with Crippen LogP contribution in [0.4, 0.5) is 0 Å². The maximum absolute atomic E-state index is 12.2. The fraction of sp³-hybridized carbons (Fsp3) is 0.412. The van der Waals surface area contributed by atoms with E-state index in [-0.39, 0.29) is 12.0 Å². The fourth-order valence-electron chi connectivity index (χ4n) is 2.43. The van der Waals surface area contributed by atoms with Crippen LogP contribution in [-0.2, 0) is 11.3 Å². The molecule has 1 fully saturated rings. The summed E-state index contributed by atoms with van der Waals surface area (Å²) in [6.45, 7) is 3.73. The summed E-state index contributed by atoms with van der Waals surface area (Å²) in [6, 6.07) is 7.22. The molecule has 0 unspecified atom stereocenters. The van der Waals surface area contributed by atoms with Crippen molar-refractivity contribution >= 4 is 17.2 Å². The molecule has 2 heterocycles. The smallest absolute Gasteiger partial charge is 0.251 e. The van der Waals surface area contributed by atoms with Crippen molar-refractivity contribution in [2.24, 2.45) is 0 Å². The number of nitrogens with one attached hydrogen (secondary N) is 1. The van der Waals surface area contributed by atoms with Gasteiger partial charge in [-0.25, -0.2) is 4.98 Å². The van der Waals surface area contributed by atoms with Gasteiger partial charge in [0.1, 0.15) is 17.4 Å². The Morgan fingerprint density at radius 2 is 2.43 bits per heavy atom. The molecule has 1 amide bonds. The maximum atomic E-state index is 12.2. The summed E-state index contributed by atoms with van der Waals surface area (Å²) in [4.78, 5) is 16.6. The fourth-order valence-corrected chi connectivity index (χ4v) is 3.15. The molecule has 0 aliphatic carbocycles. The minimum Gasteiger partial charge on any atom is -0.491 e. The summed E-state index contributed by atoms with van der Waals surface area (Å²) in [6.07, 6.45) is 2.29. The lowest BCUT2D eigenvalue weighted by molar-refractivity contribution is 0.0679. The number of thiazole rings is 1. The van der Waals surface area contributed by atoms with E-state index in [1.165, 1.54) is 0 Å². The summed E-state index contributed by atoms with van der Waals surface area (Å²) < 4.78 is 11.3. The van der Waals surface area contributed by atoms with Crippen LogP contribution in [0.15, 0.2) is 29.6 Å². The minimum absolute atomic E-state index is 0.125. The van der Waals surface area contributed by atoms with Gasteiger partial charge in [0, 0.05) is 23.2 Å². The summed E-state index contributed by atoms with van der Waals surface area (Å²) in [5.74, 6) is 0.568. The van der Waals surface area contributed by atoms with Gasteiger partial charge in [-0.1, -0.05) is 6.07 Å². The van der Waals surface area contributed by atoms with Crippen molar-refractivity contribution < 1.29 is 14.3 Å². The summed E-state index contributed by atoms with van der Waals surface area (Å²) >= 11 is 1.55. The van der Waals surface area contributed by atoms with Gasteiger partial charge in [0.05, 0.1) is 12.6 Å². The van der Waals surface area contributed by atoms with Gasteiger partial charge in [-0.05, 0) is 38.0 Å². The van der Waals surface area contributed by atoms with E-state index in [0.717, 1.165) is 30.2 Å². The molecule has 0 radical (unpaired) electrons. The van der Waals surface area contributed by atoms with E-state index in [2.05, 4.69) is 10.3 Å². The lowest BCUT2D eigenvalue weighted by Gasteiger charge is -2.12. The Morgan fingerprint density at radius 3 is 3.17 bits per heavy atom. The largest absolute Gasteiger partial charge is 0.491 e. The number of aromatic nitrogens is 1. The second kappa shape index (κ2) is 7.57. The highest BCUT2D eigenvalue weighted by molar-refractivity contribution is 7.09. The average Bonchev–Trinajstić information content (AvgIpc) is 3.22. The van der Waals surface area contributed by atoms with Crippen LogP contribution < -0.4 is 10.1 Å². The number of hydrogen-bond acceptors (Lipinski definition) is 5. The Morgan fingerprint density at radius 1 is 1.52 bits per heavy atom. The molecule has 6 heteroatoms. The number of benzene rings is 1. The van der Waals surface area contributed by atoms with Crippen molar-refractivity contribution in [2.45, 2.75) is 32.4 Å². The molecule has 5 nitrogen and oxygen atoms in total. The molecule has 23 heavy (non-hydrogen) atoms. The van der Waals surface area contributed by atoms with E-state index < -0.39 is 0 Å². The lowest BCUT2D eigenvalue weighted by Crippen LogP contribution is -2.23. The first-order chi connectivity index (χ1) is 11.2. The molecule has 0 bridgehead atoms. The number of rotatable bonds is 6. The molecule has 0 saturated carbocycles.